The SMILES string of the molecule is CCn1cc(Cn2cnc(Cl)c(N)c2=O)cn1. The monoisotopic (exact) mass is 253 g/mol. The summed E-state index contributed by atoms with van der Waals surface area (Å²) in [6.07, 6.45) is 4.96. The molecule has 6 nitrogen and oxygen atoms in total. The van der Waals surface area contributed by atoms with E-state index in [-0.39, 0.29) is 16.4 Å². The van der Waals surface area contributed by atoms with Crippen LogP contribution in [-0.2, 0) is 13.1 Å². The highest BCUT2D eigenvalue weighted by Gasteiger charge is 2.07. The molecule has 7 heteroatoms. The molecule has 0 saturated heterocycles. The summed E-state index contributed by atoms with van der Waals surface area (Å²) in [4.78, 5) is 15.6. The molecule has 2 N–H and O–H groups in total. The molecule has 0 bridgehead atoms. The summed E-state index contributed by atoms with van der Waals surface area (Å²) in [6, 6.07) is 0. The van der Waals surface area contributed by atoms with Gasteiger partial charge >= 0.3 is 0 Å². The van der Waals surface area contributed by atoms with Gasteiger partial charge < -0.3 is 5.73 Å². The van der Waals surface area contributed by atoms with E-state index in [4.69, 9.17) is 17.3 Å². The van der Waals surface area contributed by atoms with Crippen LogP contribution >= 0.6 is 11.6 Å². The number of anilines is 1. The Morgan fingerprint density at radius 3 is 2.94 bits per heavy atom. The van der Waals surface area contributed by atoms with Crippen LogP contribution in [-0.4, -0.2) is 19.3 Å². The van der Waals surface area contributed by atoms with Gasteiger partial charge in [-0.1, -0.05) is 11.6 Å². The van der Waals surface area contributed by atoms with Crippen LogP contribution in [0.2, 0.25) is 5.15 Å². The van der Waals surface area contributed by atoms with Crippen LogP contribution in [0.15, 0.2) is 23.5 Å². The lowest BCUT2D eigenvalue weighted by Crippen LogP contribution is -2.24. The molecule has 0 aliphatic rings. The summed E-state index contributed by atoms with van der Waals surface area (Å²) in [6.45, 7) is 3.16. The summed E-state index contributed by atoms with van der Waals surface area (Å²) in [7, 11) is 0. The van der Waals surface area contributed by atoms with Gasteiger partial charge in [-0.3, -0.25) is 14.0 Å². The first-order chi connectivity index (χ1) is 8.11. The zero-order valence-electron chi connectivity index (χ0n) is 9.30. The van der Waals surface area contributed by atoms with Crippen LogP contribution in [0.4, 0.5) is 5.69 Å². The van der Waals surface area contributed by atoms with Crippen molar-refractivity contribution in [2.45, 2.75) is 20.0 Å². The van der Waals surface area contributed by atoms with Crippen LogP contribution in [0.1, 0.15) is 12.5 Å². The number of hydrogen-bond acceptors (Lipinski definition) is 4. The van der Waals surface area contributed by atoms with E-state index in [2.05, 4.69) is 10.1 Å². The zero-order chi connectivity index (χ0) is 12.4. The fourth-order valence-electron chi connectivity index (χ4n) is 1.46. The maximum atomic E-state index is 11.8. The molecule has 0 amide bonds. The van der Waals surface area contributed by atoms with E-state index in [0.717, 1.165) is 12.1 Å². The molecule has 0 aliphatic carbocycles. The Morgan fingerprint density at radius 2 is 2.29 bits per heavy atom. The largest absolute Gasteiger partial charge is 0.392 e. The maximum absolute atomic E-state index is 11.8. The average molecular weight is 254 g/mol. The molecule has 17 heavy (non-hydrogen) atoms. The van der Waals surface area contributed by atoms with E-state index < -0.39 is 0 Å². The molecule has 0 aliphatic heterocycles. The van der Waals surface area contributed by atoms with E-state index in [1.807, 2.05) is 13.1 Å². The number of nitrogens with two attached hydrogens (primary N) is 1. The van der Waals surface area contributed by atoms with Crippen molar-refractivity contribution in [3.05, 3.63) is 39.8 Å². The van der Waals surface area contributed by atoms with Crippen LogP contribution < -0.4 is 11.3 Å². The smallest absolute Gasteiger partial charge is 0.278 e. The van der Waals surface area contributed by atoms with E-state index in [0.29, 0.717) is 6.54 Å². The lowest BCUT2D eigenvalue weighted by molar-refractivity contribution is 0.657. The van der Waals surface area contributed by atoms with Crippen molar-refractivity contribution in [1.29, 1.82) is 0 Å². The van der Waals surface area contributed by atoms with Crippen molar-refractivity contribution in [3.63, 3.8) is 0 Å². The minimum atomic E-state index is -0.339. The van der Waals surface area contributed by atoms with Gasteiger partial charge in [0, 0.05) is 18.3 Å². The van der Waals surface area contributed by atoms with Gasteiger partial charge in [0.1, 0.15) is 5.69 Å². The van der Waals surface area contributed by atoms with E-state index >= 15 is 0 Å². The van der Waals surface area contributed by atoms with Gasteiger partial charge in [0.2, 0.25) is 0 Å². The van der Waals surface area contributed by atoms with E-state index in [9.17, 15) is 4.79 Å². The minimum Gasteiger partial charge on any atom is -0.392 e. The highest BCUT2D eigenvalue weighted by molar-refractivity contribution is 6.31. The first-order valence-electron chi connectivity index (χ1n) is 5.13. The quantitative estimate of drug-likeness (QED) is 0.819. The van der Waals surface area contributed by atoms with Crippen molar-refractivity contribution < 1.29 is 0 Å². The van der Waals surface area contributed by atoms with Crippen LogP contribution in [0.5, 0.6) is 0 Å². The lowest BCUT2D eigenvalue weighted by atomic mass is 10.3. The number of nitrogens with zero attached hydrogens (tertiary/aromatic N) is 4. The van der Waals surface area contributed by atoms with Gasteiger partial charge in [0.05, 0.1) is 19.1 Å². The second-order valence-electron chi connectivity index (χ2n) is 3.59. The van der Waals surface area contributed by atoms with Gasteiger partial charge in [0.15, 0.2) is 5.15 Å². The summed E-state index contributed by atoms with van der Waals surface area (Å²) < 4.78 is 3.19. The molecular weight excluding hydrogens is 242 g/mol. The lowest BCUT2D eigenvalue weighted by Gasteiger charge is -2.04. The fraction of sp³-hybridized carbons (Fsp3) is 0.300. The molecule has 0 spiro atoms. The van der Waals surface area contributed by atoms with Crippen molar-refractivity contribution in [2.75, 3.05) is 5.73 Å². The van der Waals surface area contributed by atoms with E-state index in [1.165, 1.54) is 10.9 Å². The van der Waals surface area contributed by atoms with Gasteiger partial charge in [-0.15, -0.1) is 0 Å². The molecule has 0 radical (unpaired) electrons. The number of aromatic nitrogens is 4. The summed E-state index contributed by atoms with van der Waals surface area (Å²) in [5.41, 5.74) is 6.06. The van der Waals surface area contributed by atoms with Gasteiger partial charge in [-0.05, 0) is 6.92 Å². The third-order valence-corrected chi connectivity index (χ3v) is 2.69. The standard InChI is InChI=1S/C10H12ClN5O/c1-2-16-5-7(3-14-16)4-15-6-13-9(11)8(12)10(15)17/h3,5-6H,2,4,12H2,1H3. The first kappa shape index (κ1) is 11.7. The molecule has 0 saturated carbocycles. The topological polar surface area (TPSA) is 78.7 Å². The van der Waals surface area contributed by atoms with Gasteiger partial charge in [-0.25, -0.2) is 4.98 Å². The number of aryl methyl sites for hydroxylation is 1. The Kier molecular flexibility index (Phi) is 3.14. The highest BCUT2D eigenvalue weighted by atomic mass is 35.5. The summed E-state index contributed by atoms with van der Waals surface area (Å²) in [5, 5.41) is 4.16. The number of nitrogen functional groups attached to an aromatic ring is 1. The molecule has 2 aromatic rings. The Balaban J connectivity index is 2.30. The first-order valence-corrected chi connectivity index (χ1v) is 5.51. The summed E-state index contributed by atoms with van der Waals surface area (Å²) in [5.74, 6) is 0. The normalized spacial score (nSPS) is 10.7. The molecular formula is C10H12ClN5O. The summed E-state index contributed by atoms with van der Waals surface area (Å²) >= 11 is 5.65. The van der Waals surface area contributed by atoms with Crippen LogP contribution in [0.25, 0.3) is 0 Å². The number of rotatable bonds is 3. The molecule has 0 aromatic carbocycles. The molecule has 2 rings (SSSR count). The highest BCUT2D eigenvalue weighted by Crippen LogP contribution is 2.09. The van der Waals surface area contributed by atoms with Crippen LogP contribution in [0.3, 0.4) is 0 Å². The second-order valence-corrected chi connectivity index (χ2v) is 3.94. The minimum absolute atomic E-state index is 0.0305. The van der Waals surface area contributed by atoms with E-state index in [1.54, 1.807) is 10.9 Å². The van der Waals surface area contributed by atoms with Crippen molar-refractivity contribution >= 4 is 17.3 Å². The Bertz CT molecular complexity index is 589. The van der Waals surface area contributed by atoms with Gasteiger partial charge in [-0.2, -0.15) is 5.10 Å². The predicted octanol–water partition coefficient (Wildman–Crippen LogP) is 0.744. The molecule has 2 heterocycles. The molecule has 2 aromatic heterocycles. The van der Waals surface area contributed by atoms with Crippen molar-refractivity contribution in [2.24, 2.45) is 0 Å². The molecule has 0 fully saturated rings. The Labute approximate surface area is 103 Å². The fourth-order valence-corrected chi connectivity index (χ4v) is 1.58. The maximum Gasteiger partial charge on any atom is 0.278 e. The van der Waals surface area contributed by atoms with Crippen LogP contribution in [0, 0.1) is 0 Å². The molecule has 90 valence electrons. The second kappa shape index (κ2) is 4.58. The Hall–Kier alpha value is -1.82. The molecule has 0 atom stereocenters. The third-order valence-electron chi connectivity index (χ3n) is 2.39. The van der Waals surface area contributed by atoms with Crippen molar-refractivity contribution in [3.8, 4) is 0 Å². The predicted molar refractivity (Wildman–Crippen MR) is 64.9 cm³/mol. The molecule has 0 unspecified atom stereocenters. The Morgan fingerprint density at radius 1 is 1.53 bits per heavy atom. The average Bonchev–Trinajstić information content (AvgIpc) is 2.78. The third kappa shape index (κ3) is 2.31. The number of halogens is 1. The van der Waals surface area contributed by atoms with Crippen molar-refractivity contribution in [1.82, 2.24) is 19.3 Å². The van der Waals surface area contributed by atoms with Gasteiger partial charge in [0.25, 0.3) is 5.56 Å². The number of hydrogen-bond donors (Lipinski definition) is 1. The zero-order valence-corrected chi connectivity index (χ0v) is 10.1.